The molecule has 4 atom stereocenters. The van der Waals surface area contributed by atoms with Gasteiger partial charge in [0.05, 0.1) is 47.8 Å². The Morgan fingerprint density at radius 3 is 2.44 bits per heavy atom. The second kappa shape index (κ2) is 25.3. The van der Waals surface area contributed by atoms with Crippen LogP contribution >= 0.6 is 0 Å². The standard InChI is InChI=1S/C59H66FN9O13/c1-4-59(80)43-24-47-55-41(29-69(47)57(78)42(43)31-82-58(59)79)53-36(14-16-40-34(3)44(60)25-46(64-55)54(40)53)23-39(71)30-81-32-62-50(74)19-17-48(72)45(22-35-11-7-5-8-12-35)63-51(75)18-15-38(70)28-67-27-37(65-66-67)26-61-49(73)13-9-6-10-20-68-52(76)21-33(2)56(68)77/h5,7-8,11-12,24-25,27,33,36,45,80H,4,6,9-10,13-23,26,28-32H2,1-3H3,(H,61,73)(H,62,74)(H,63,75)/t33?,36-,45+,59+/m1/s1. The molecule has 1 aliphatic carbocycles. The van der Waals surface area contributed by atoms with E-state index in [0.29, 0.717) is 72.4 Å². The molecule has 0 spiro atoms. The van der Waals surface area contributed by atoms with Crippen molar-refractivity contribution in [1.82, 2.24) is 45.4 Å². The number of ether oxygens (including phenoxy) is 2. The molecule has 4 aliphatic rings. The number of likely N-dealkylation sites (tertiary alicyclic amines) is 1. The van der Waals surface area contributed by atoms with Crippen LogP contribution in [0.15, 0.2) is 53.5 Å². The van der Waals surface area contributed by atoms with Crippen LogP contribution in [0.5, 0.6) is 0 Å². The smallest absolute Gasteiger partial charge is 0.343 e. The number of hydrogen-bond acceptors (Lipinski definition) is 16. The quantitative estimate of drug-likeness (QED) is 0.0246. The summed E-state index contributed by atoms with van der Waals surface area (Å²) >= 11 is 0. The van der Waals surface area contributed by atoms with Gasteiger partial charge in [0.1, 0.15) is 38.0 Å². The molecule has 23 heteroatoms. The predicted molar refractivity (Wildman–Crippen MR) is 290 cm³/mol. The largest absolute Gasteiger partial charge is 0.458 e. The van der Waals surface area contributed by atoms with E-state index in [1.807, 2.05) is 6.07 Å². The minimum absolute atomic E-state index is 0.0258. The van der Waals surface area contributed by atoms with Crippen LogP contribution in [0, 0.1) is 18.7 Å². The van der Waals surface area contributed by atoms with Crippen molar-refractivity contribution in [2.45, 2.75) is 154 Å². The van der Waals surface area contributed by atoms with Crippen molar-refractivity contribution >= 4 is 63.8 Å². The summed E-state index contributed by atoms with van der Waals surface area (Å²) < 4.78 is 29.1. The van der Waals surface area contributed by atoms with E-state index in [2.05, 4.69) is 26.3 Å². The highest BCUT2D eigenvalue weighted by molar-refractivity contribution is 6.03. The predicted octanol–water partition coefficient (Wildman–Crippen LogP) is 3.90. The second-order valence-electron chi connectivity index (χ2n) is 21.7. The molecule has 1 saturated heterocycles. The average Bonchev–Trinajstić information content (AvgIpc) is 4.17. The number of carbonyl (C=O) groups is 9. The molecular weight excluding hydrogens is 1060 g/mol. The molecule has 5 aromatic rings. The number of aryl methyl sites for hydroxylation is 1. The number of imide groups is 1. The summed E-state index contributed by atoms with van der Waals surface area (Å²) in [5, 5.41) is 28.2. The van der Waals surface area contributed by atoms with Crippen molar-refractivity contribution in [3.63, 3.8) is 0 Å². The van der Waals surface area contributed by atoms with Gasteiger partial charge < -0.3 is 35.1 Å². The second-order valence-corrected chi connectivity index (χ2v) is 21.7. The number of aromatic nitrogens is 5. The lowest BCUT2D eigenvalue weighted by Gasteiger charge is -2.31. The first kappa shape index (κ1) is 58.5. The zero-order valence-electron chi connectivity index (χ0n) is 46.1. The van der Waals surface area contributed by atoms with E-state index in [4.69, 9.17) is 14.5 Å². The first-order valence-electron chi connectivity index (χ1n) is 27.9. The third-order valence-corrected chi connectivity index (χ3v) is 16.0. The van der Waals surface area contributed by atoms with Crippen LogP contribution in [-0.4, -0.2) is 113 Å². The minimum atomic E-state index is -2.04. The summed E-state index contributed by atoms with van der Waals surface area (Å²) in [5.74, 6) is -4.57. The van der Waals surface area contributed by atoms with Crippen molar-refractivity contribution in [2.75, 3.05) is 19.9 Å². The highest BCUT2D eigenvalue weighted by Crippen LogP contribution is 2.47. The van der Waals surface area contributed by atoms with E-state index in [1.165, 1.54) is 26.4 Å². The van der Waals surface area contributed by atoms with Crippen LogP contribution in [0.25, 0.3) is 22.3 Å². The highest BCUT2D eigenvalue weighted by atomic mass is 19.1. The number of aliphatic hydroxyl groups is 1. The molecule has 82 heavy (non-hydrogen) atoms. The zero-order valence-corrected chi connectivity index (χ0v) is 46.1. The number of nitrogens with zero attached hydrogens (tertiary/aromatic N) is 6. The number of cyclic esters (lactones) is 1. The molecule has 0 saturated carbocycles. The number of rotatable bonds is 27. The van der Waals surface area contributed by atoms with Crippen LogP contribution in [0.1, 0.15) is 141 Å². The minimum Gasteiger partial charge on any atom is -0.458 e. The Labute approximate surface area is 470 Å². The summed E-state index contributed by atoms with van der Waals surface area (Å²) in [6, 6.07) is 10.9. The lowest BCUT2D eigenvalue weighted by Crippen LogP contribution is -2.44. The fourth-order valence-electron chi connectivity index (χ4n) is 11.4. The van der Waals surface area contributed by atoms with E-state index in [9.17, 15) is 53.1 Å². The molecule has 1 unspecified atom stereocenters. The van der Waals surface area contributed by atoms with Gasteiger partial charge in [0.2, 0.25) is 29.5 Å². The summed E-state index contributed by atoms with van der Waals surface area (Å²) in [6.45, 7) is 4.41. The Morgan fingerprint density at radius 2 is 1.68 bits per heavy atom. The van der Waals surface area contributed by atoms with Crippen LogP contribution in [0.4, 0.5) is 4.39 Å². The maximum Gasteiger partial charge on any atom is 0.343 e. The van der Waals surface area contributed by atoms with Gasteiger partial charge in [-0.1, -0.05) is 55.8 Å². The van der Waals surface area contributed by atoms with E-state index in [-0.39, 0.29) is 150 Å². The van der Waals surface area contributed by atoms with Gasteiger partial charge in [0.15, 0.2) is 23.0 Å². The topological polar surface area (TPSA) is 297 Å². The molecule has 3 aliphatic heterocycles. The van der Waals surface area contributed by atoms with Crippen molar-refractivity contribution in [1.29, 1.82) is 0 Å². The Kier molecular flexibility index (Phi) is 18.0. The molecule has 4 N–H and O–H groups in total. The number of unbranched alkanes of at least 4 members (excludes halogenated alkanes) is 2. The molecule has 6 heterocycles. The van der Waals surface area contributed by atoms with Gasteiger partial charge in [0.25, 0.3) is 5.56 Å². The fraction of sp³-hybridized carbons (Fsp3) is 0.475. The van der Waals surface area contributed by atoms with E-state index in [0.717, 1.165) is 22.1 Å². The SMILES string of the molecule is CC[C@@]1(O)C(=O)OCc2c1cc1n(c2=O)Cc2c-1nc1cc(F)c(C)c3c1c2[C@@H](CC(=O)COCNC(=O)CCC(=O)[C@H](Cc1ccccc1)NC(=O)CCC(=O)Cn1cc(CNC(=O)CCCCCN2C(=O)CC(C)C2=O)nn1)CC3. The highest BCUT2D eigenvalue weighted by Gasteiger charge is 2.46. The molecule has 3 aromatic heterocycles. The number of benzene rings is 2. The maximum absolute atomic E-state index is 15.4. The Morgan fingerprint density at radius 1 is 0.915 bits per heavy atom. The summed E-state index contributed by atoms with van der Waals surface area (Å²) in [7, 11) is 0. The van der Waals surface area contributed by atoms with Crippen molar-refractivity contribution in [2.24, 2.45) is 5.92 Å². The number of amides is 5. The molecule has 5 amide bonds. The third-order valence-electron chi connectivity index (χ3n) is 16.0. The number of hydrogen-bond donors (Lipinski definition) is 4. The lowest BCUT2D eigenvalue weighted by molar-refractivity contribution is -0.172. The Balaban J connectivity index is 0.721. The lowest BCUT2D eigenvalue weighted by atomic mass is 9.76. The number of pyridine rings is 2. The Hall–Kier alpha value is -8.18. The van der Waals surface area contributed by atoms with Gasteiger partial charge in [-0.25, -0.2) is 18.9 Å². The van der Waals surface area contributed by atoms with Gasteiger partial charge in [-0.15, -0.1) is 5.10 Å². The van der Waals surface area contributed by atoms with Gasteiger partial charge in [0, 0.05) is 80.0 Å². The molecule has 22 nitrogen and oxygen atoms in total. The number of esters is 1. The first-order chi connectivity index (χ1) is 39.3. The van der Waals surface area contributed by atoms with Crippen molar-refractivity contribution in [3.05, 3.63) is 109 Å². The number of ketones is 3. The Bertz CT molecular complexity index is 3450. The number of Topliss-reactive ketones (excluding diaryl/α,β-unsaturated/α-hetero) is 3. The van der Waals surface area contributed by atoms with Gasteiger partial charge >= 0.3 is 5.97 Å². The average molecular weight is 1130 g/mol. The molecule has 1 fully saturated rings. The summed E-state index contributed by atoms with van der Waals surface area (Å²) in [5.41, 5.74) is 2.83. The number of nitrogens with one attached hydrogen (secondary N) is 3. The van der Waals surface area contributed by atoms with E-state index >= 15 is 4.39 Å². The van der Waals surface area contributed by atoms with Gasteiger partial charge in [-0.05, 0) is 79.7 Å². The number of halogens is 1. The van der Waals surface area contributed by atoms with Crippen molar-refractivity contribution in [3.8, 4) is 11.4 Å². The third kappa shape index (κ3) is 12.8. The van der Waals surface area contributed by atoms with Crippen LogP contribution < -0.4 is 21.5 Å². The van der Waals surface area contributed by atoms with E-state index in [1.54, 1.807) is 51.1 Å². The van der Waals surface area contributed by atoms with Crippen LogP contribution in [0.3, 0.4) is 0 Å². The zero-order chi connectivity index (χ0) is 58.4. The van der Waals surface area contributed by atoms with E-state index < -0.39 is 46.6 Å². The van der Waals surface area contributed by atoms with Crippen molar-refractivity contribution < 1.29 is 62.1 Å². The normalized spacial score (nSPS) is 18.2. The summed E-state index contributed by atoms with van der Waals surface area (Å²) in [6.07, 6.45) is 4.08. The summed E-state index contributed by atoms with van der Waals surface area (Å²) in [4.78, 5) is 136. The first-order valence-corrected chi connectivity index (χ1v) is 27.9. The maximum atomic E-state index is 15.4. The fourth-order valence-corrected chi connectivity index (χ4v) is 11.4. The van der Waals surface area contributed by atoms with Crippen LogP contribution in [0.2, 0.25) is 0 Å². The molecular formula is C59H66FN9O13. The molecule has 0 bridgehead atoms. The molecule has 2 aromatic carbocycles. The number of fused-ring (bicyclic) bond motifs is 5. The van der Waals surface area contributed by atoms with Gasteiger partial charge in [-0.3, -0.25) is 48.1 Å². The van der Waals surface area contributed by atoms with Crippen LogP contribution in [-0.2, 0) is 97.3 Å². The molecule has 432 valence electrons. The molecule has 9 rings (SSSR count). The van der Waals surface area contributed by atoms with Gasteiger partial charge in [-0.2, -0.15) is 0 Å². The monoisotopic (exact) mass is 1130 g/mol. The molecule has 0 radical (unpaired) electrons. The number of carbonyl (C=O) groups excluding carboxylic acids is 9.